The van der Waals surface area contributed by atoms with Gasteiger partial charge in [-0.15, -0.1) is 0 Å². The molecular formula is C15H20F3NO. The maximum atomic E-state index is 12.5. The normalized spacial score (nSPS) is 11.9. The first kappa shape index (κ1) is 16.7. The van der Waals surface area contributed by atoms with Crippen LogP contribution in [0.5, 0.6) is 0 Å². The molecule has 5 heteroatoms. The Labute approximate surface area is 117 Å². The van der Waals surface area contributed by atoms with Crippen LogP contribution in [0.4, 0.5) is 13.2 Å². The topological polar surface area (TPSA) is 20.3 Å². The number of nitrogens with zero attached hydrogens (tertiary/aromatic N) is 1. The summed E-state index contributed by atoms with van der Waals surface area (Å²) >= 11 is 0. The van der Waals surface area contributed by atoms with Crippen LogP contribution in [0.3, 0.4) is 0 Å². The van der Waals surface area contributed by atoms with Crippen LogP contribution in [0.25, 0.3) is 0 Å². The van der Waals surface area contributed by atoms with Crippen molar-refractivity contribution >= 4 is 5.78 Å². The lowest BCUT2D eigenvalue weighted by molar-refractivity contribution is -0.144. The fourth-order valence-corrected chi connectivity index (χ4v) is 2.11. The van der Waals surface area contributed by atoms with Crippen LogP contribution < -0.4 is 0 Å². The molecule has 0 aliphatic rings. The summed E-state index contributed by atoms with van der Waals surface area (Å²) in [6.45, 7) is 4.47. The first-order valence-electron chi connectivity index (χ1n) is 6.62. The van der Waals surface area contributed by atoms with Crippen LogP contribution in [-0.4, -0.2) is 36.5 Å². The highest BCUT2D eigenvalue weighted by Gasteiger charge is 2.31. The van der Waals surface area contributed by atoms with Crippen molar-refractivity contribution in [1.29, 1.82) is 0 Å². The molecule has 20 heavy (non-hydrogen) atoms. The van der Waals surface area contributed by atoms with Gasteiger partial charge < -0.3 is 0 Å². The molecule has 0 aliphatic carbocycles. The van der Waals surface area contributed by atoms with Gasteiger partial charge in [0.2, 0.25) is 0 Å². The second-order valence-electron chi connectivity index (χ2n) is 5.07. The van der Waals surface area contributed by atoms with Crippen molar-refractivity contribution in [3.63, 3.8) is 0 Å². The van der Waals surface area contributed by atoms with E-state index in [-0.39, 0.29) is 18.9 Å². The average Bonchev–Trinajstić information content (AvgIpc) is 2.30. The molecule has 0 radical (unpaired) electrons. The van der Waals surface area contributed by atoms with E-state index in [0.717, 1.165) is 16.0 Å². The van der Waals surface area contributed by atoms with Gasteiger partial charge in [-0.1, -0.05) is 24.6 Å². The van der Waals surface area contributed by atoms with Gasteiger partial charge in [-0.05, 0) is 38.4 Å². The molecule has 0 amide bonds. The third-order valence-corrected chi connectivity index (χ3v) is 3.00. The minimum absolute atomic E-state index is 0.197. The Morgan fingerprint density at radius 3 is 2.45 bits per heavy atom. The van der Waals surface area contributed by atoms with E-state index in [1.54, 1.807) is 19.9 Å². The van der Waals surface area contributed by atoms with Gasteiger partial charge in [0.1, 0.15) is 0 Å². The number of carbonyl (C=O) groups excluding carboxylic acids is 1. The largest absolute Gasteiger partial charge is 0.401 e. The Morgan fingerprint density at radius 2 is 1.90 bits per heavy atom. The van der Waals surface area contributed by atoms with Crippen LogP contribution in [0.15, 0.2) is 18.2 Å². The molecule has 0 atom stereocenters. The minimum Gasteiger partial charge on any atom is -0.293 e. The Kier molecular flexibility index (Phi) is 5.74. The van der Waals surface area contributed by atoms with E-state index in [1.807, 2.05) is 19.1 Å². The van der Waals surface area contributed by atoms with E-state index >= 15 is 0 Å². The number of hydrogen-bond acceptors (Lipinski definition) is 2. The molecule has 0 spiro atoms. The molecule has 0 heterocycles. The predicted molar refractivity (Wildman–Crippen MR) is 73.0 cm³/mol. The maximum absolute atomic E-state index is 12.5. The predicted octanol–water partition coefficient (Wildman–Crippen LogP) is 3.76. The average molecular weight is 287 g/mol. The molecule has 0 saturated heterocycles. The second-order valence-corrected chi connectivity index (χ2v) is 5.07. The Bertz CT molecular complexity index is 469. The first-order valence-corrected chi connectivity index (χ1v) is 6.62. The number of ketones is 1. The van der Waals surface area contributed by atoms with Crippen molar-refractivity contribution in [3.05, 3.63) is 34.9 Å². The van der Waals surface area contributed by atoms with E-state index in [1.165, 1.54) is 0 Å². The quantitative estimate of drug-likeness (QED) is 0.742. The minimum atomic E-state index is -4.28. The zero-order valence-corrected chi connectivity index (χ0v) is 12.0. The maximum Gasteiger partial charge on any atom is 0.401 e. The van der Waals surface area contributed by atoms with Crippen LogP contribution >= 0.6 is 0 Å². The number of rotatable bonds is 6. The number of halogens is 3. The standard InChI is InChI=1S/C15H20F3NO/c1-4-7-19(10-15(16,17)18)9-14(20)13-8-11(2)5-6-12(13)3/h5-6,8H,4,7,9-10H2,1-3H3. The molecule has 0 unspecified atom stereocenters. The molecule has 0 aromatic heterocycles. The smallest absolute Gasteiger partial charge is 0.293 e. The molecule has 112 valence electrons. The molecule has 0 saturated carbocycles. The highest BCUT2D eigenvalue weighted by atomic mass is 19.4. The van der Waals surface area contributed by atoms with Gasteiger partial charge in [-0.2, -0.15) is 13.2 Å². The van der Waals surface area contributed by atoms with E-state index in [0.29, 0.717) is 12.0 Å². The fourth-order valence-electron chi connectivity index (χ4n) is 2.11. The Hall–Kier alpha value is -1.36. The summed E-state index contributed by atoms with van der Waals surface area (Å²) in [6.07, 6.45) is -3.70. The number of benzene rings is 1. The van der Waals surface area contributed by atoms with Crippen molar-refractivity contribution in [3.8, 4) is 0 Å². The number of aryl methyl sites for hydroxylation is 2. The monoisotopic (exact) mass is 287 g/mol. The summed E-state index contributed by atoms with van der Waals surface area (Å²) in [5.41, 5.74) is 2.23. The van der Waals surface area contributed by atoms with Crippen LogP contribution in [0.2, 0.25) is 0 Å². The molecule has 1 aromatic carbocycles. The number of Topliss-reactive ketones (excluding diaryl/α,β-unsaturated/α-hetero) is 1. The lowest BCUT2D eigenvalue weighted by atomic mass is 10.0. The first-order chi connectivity index (χ1) is 9.23. The lowest BCUT2D eigenvalue weighted by Crippen LogP contribution is -2.38. The van der Waals surface area contributed by atoms with Crippen molar-refractivity contribution < 1.29 is 18.0 Å². The van der Waals surface area contributed by atoms with E-state index in [4.69, 9.17) is 0 Å². The summed E-state index contributed by atoms with van der Waals surface area (Å²) in [5, 5.41) is 0. The van der Waals surface area contributed by atoms with Gasteiger partial charge in [0.25, 0.3) is 0 Å². The molecule has 1 aromatic rings. The zero-order valence-electron chi connectivity index (χ0n) is 12.0. The Morgan fingerprint density at radius 1 is 1.25 bits per heavy atom. The van der Waals surface area contributed by atoms with Gasteiger partial charge >= 0.3 is 6.18 Å². The van der Waals surface area contributed by atoms with Gasteiger partial charge in [0.05, 0.1) is 13.1 Å². The van der Waals surface area contributed by atoms with Crippen LogP contribution in [0, 0.1) is 13.8 Å². The zero-order chi connectivity index (χ0) is 15.3. The van der Waals surface area contributed by atoms with Crippen LogP contribution in [0.1, 0.15) is 34.8 Å². The summed E-state index contributed by atoms with van der Waals surface area (Å²) in [4.78, 5) is 13.3. The molecule has 0 N–H and O–H groups in total. The molecule has 0 aliphatic heterocycles. The summed E-state index contributed by atoms with van der Waals surface area (Å²) in [5.74, 6) is -0.260. The summed E-state index contributed by atoms with van der Waals surface area (Å²) in [7, 11) is 0. The van der Waals surface area contributed by atoms with Gasteiger partial charge in [-0.3, -0.25) is 9.69 Å². The molecule has 2 nitrogen and oxygen atoms in total. The van der Waals surface area contributed by atoms with Gasteiger partial charge in [-0.25, -0.2) is 0 Å². The number of hydrogen-bond donors (Lipinski definition) is 0. The van der Waals surface area contributed by atoms with E-state index in [2.05, 4.69) is 0 Å². The fraction of sp³-hybridized carbons (Fsp3) is 0.533. The molecule has 1 rings (SSSR count). The Balaban J connectivity index is 2.82. The lowest BCUT2D eigenvalue weighted by Gasteiger charge is -2.22. The van der Waals surface area contributed by atoms with E-state index < -0.39 is 12.7 Å². The van der Waals surface area contributed by atoms with Crippen molar-refractivity contribution in [2.45, 2.75) is 33.4 Å². The second kappa shape index (κ2) is 6.88. The van der Waals surface area contributed by atoms with Crippen molar-refractivity contribution in [2.75, 3.05) is 19.6 Å². The molecular weight excluding hydrogens is 267 g/mol. The van der Waals surface area contributed by atoms with Crippen molar-refractivity contribution in [1.82, 2.24) is 4.90 Å². The summed E-state index contributed by atoms with van der Waals surface area (Å²) < 4.78 is 37.4. The molecule has 0 fully saturated rings. The molecule has 0 bridgehead atoms. The van der Waals surface area contributed by atoms with Crippen LogP contribution in [-0.2, 0) is 0 Å². The third-order valence-electron chi connectivity index (χ3n) is 3.00. The SMILES string of the molecule is CCCN(CC(=O)c1cc(C)ccc1C)CC(F)(F)F. The van der Waals surface area contributed by atoms with E-state index in [9.17, 15) is 18.0 Å². The van der Waals surface area contributed by atoms with Crippen molar-refractivity contribution in [2.24, 2.45) is 0 Å². The highest BCUT2D eigenvalue weighted by molar-refractivity contribution is 5.99. The number of alkyl halides is 3. The highest BCUT2D eigenvalue weighted by Crippen LogP contribution is 2.18. The van der Waals surface area contributed by atoms with Gasteiger partial charge in [0, 0.05) is 5.56 Å². The summed E-state index contributed by atoms with van der Waals surface area (Å²) in [6, 6.07) is 5.43. The third kappa shape index (κ3) is 5.33. The van der Waals surface area contributed by atoms with Gasteiger partial charge in [0.15, 0.2) is 5.78 Å². The number of carbonyl (C=O) groups is 1.